The smallest absolute Gasteiger partial charge is 0.191 e. The third kappa shape index (κ3) is 3.14. The Labute approximate surface area is 139 Å². The number of fused-ring (bicyclic) bond motifs is 1. The molecule has 0 bridgehead atoms. The maximum atomic E-state index is 5.67. The molecule has 1 saturated heterocycles. The van der Waals surface area contributed by atoms with E-state index in [1.165, 1.54) is 12.8 Å². The summed E-state index contributed by atoms with van der Waals surface area (Å²) >= 11 is 1.89. The third-order valence-corrected chi connectivity index (χ3v) is 5.49. The van der Waals surface area contributed by atoms with Gasteiger partial charge in [-0.3, -0.25) is 0 Å². The largest absolute Gasteiger partial charge is 0.444 e. The van der Waals surface area contributed by atoms with Gasteiger partial charge in [-0.1, -0.05) is 23.9 Å². The van der Waals surface area contributed by atoms with E-state index in [2.05, 4.69) is 33.1 Å². The van der Waals surface area contributed by atoms with Gasteiger partial charge in [-0.05, 0) is 38.1 Å². The highest BCUT2D eigenvalue weighted by Crippen LogP contribution is 2.31. The zero-order chi connectivity index (χ0) is 15.6. The van der Waals surface area contributed by atoms with Crippen LogP contribution in [-0.2, 0) is 6.54 Å². The van der Waals surface area contributed by atoms with Gasteiger partial charge in [0.25, 0.3) is 0 Å². The summed E-state index contributed by atoms with van der Waals surface area (Å²) in [6.45, 7) is 4.74. The van der Waals surface area contributed by atoms with Gasteiger partial charge in [0.1, 0.15) is 5.76 Å². The van der Waals surface area contributed by atoms with Crippen LogP contribution in [0, 0.1) is 6.92 Å². The molecular formula is C17H20N4OS. The van der Waals surface area contributed by atoms with Crippen molar-refractivity contribution >= 4 is 22.8 Å². The van der Waals surface area contributed by atoms with E-state index in [0.717, 1.165) is 35.0 Å². The Morgan fingerprint density at radius 2 is 2.13 bits per heavy atom. The standard InChI is InChI=1S/C17H20N4OS/c1-12-19-10-13(22-12)11-21-16-5-3-2-4-15(16)20-17(21)23-14-6-8-18-9-7-14/h2-5,10,14,18H,6-9,11H2,1H3. The van der Waals surface area contributed by atoms with Gasteiger partial charge >= 0.3 is 0 Å². The molecule has 5 nitrogen and oxygen atoms in total. The number of piperidine rings is 1. The molecular weight excluding hydrogens is 308 g/mol. The Bertz CT molecular complexity index is 804. The molecule has 1 aliphatic heterocycles. The number of thioether (sulfide) groups is 1. The maximum Gasteiger partial charge on any atom is 0.191 e. The first kappa shape index (κ1) is 14.8. The van der Waals surface area contributed by atoms with E-state index in [9.17, 15) is 0 Å². The zero-order valence-corrected chi connectivity index (χ0v) is 14.0. The van der Waals surface area contributed by atoms with E-state index in [1.54, 1.807) is 0 Å². The van der Waals surface area contributed by atoms with E-state index in [0.29, 0.717) is 17.7 Å². The van der Waals surface area contributed by atoms with Crippen molar-refractivity contribution in [2.45, 2.75) is 36.7 Å². The topological polar surface area (TPSA) is 55.9 Å². The number of imidazole rings is 1. The summed E-state index contributed by atoms with van der Waals surface area (Å²) in [6, 6.07) is 8.30. The minimum absolute atomic E-state index is 0.628. The number of aryl methyl sites for hydroxylation is 1. The molecule has 1 N–H and O–H groups in total. The Hall–Kier alpha value is -1.79. The minimum Gasteiger partial charge on any atom is -0.444 e. The summed E-state index contributed by atoms with van der Waals surface area (Å²) in [5.41, 5.74) is 2.19. The number of oxazole rings is 1. The van der Waals surface area contributed by atoms with Crippen LogP contribution >= 0.6 is 11.8 Å². The van der Waals surface area contributed by atoms with E-state index in [-0.39, 0.29) is 0 Å². The lowest BCUT2D eigenvalue weighted by Gasteiger charge is -2.21. The minimum atomic E-state index is 0.628. The van der Waals surface area contributed by atoms with Crippen LogP contribution in [0.3, 0.4) is 0 Å². The monoisotopic (exact) mass is 328 g/mol. The Balaban J connectivity index is 1.68. The van der Waals surface area contributed by atoms with Crippen LogP contribution in [0.2, 0.25) is 0 Å². The highest BCUT2D eigenvalue weighted by atomic mass is 32.2. The van der Waals surface area contributed by atoms with Gasteiger partial charge in [0.15, 0.2) is 11.0 Å². The highest BCUT2D eigenvalue weighted by molar-refractivity contribution is 7.99. The first-order valence-electron chi connectivity index (χ1n) is 8.03. The van der Waals surface area contributed by atoms with Crippen molar-refractivity contribution < 1.29 is 4.42 Å². The van der Waals surface area contributed by atoms with Crippen molar-refractivity contribution in [3.63, 3.8) is 0 Å². The fraction of sp³-hybridized carbons (Fsp3) is 0.412. The predicted octanol–water partition coefficient (Wildman–Crippen LogP) is 3.23. The molecule has 0 saturated carbocycles. The van der Waals surface area contributed by atoms with Gasteiger partial charge in [-0.15, -0.1) is 0 Å². The second kappa shape index (κ2) is 6.37. The maximum absolute atomic E-state index is 5.67. The van der Waals surface area contributed by atoms with E-state index < -0.39 is 0 Å². The van der Waals surface area contributed by atoms with Gasteiger partial charge in [-0.25, -0.2) is 9.97 Å². The number of hydrogen-bond donors (Lipinski definition) is 1. The number of hydrogen-bond acceptors (Lipinski definition) is 5. The van der Waals surface area contributed by atoms with Crippen LogP contribution in [0.1, 0.15) is 24.5 Å². The quantitative estimate of drug-likeness (QED) is 0.797. The summed E-state index contributed by atoms with van der Waals surface area (Å²) in [5, 5.41) is 5.12. The molecule has 2 aromatic heterocycles. The molecule has 0 amide bonds. The number of benzene rings is 1. The number of nitrogens with zero attached hydrogens (tertiary/aromatic N) is 3. The van der Waals surface area contributed by atoms with Gasteiger partial charge in [0.05, 0.1) is 23.8 Å². The molecule has 4 rings (SSSR count). The van der Waals surface area contributed by atoms with Gasteiger partial charge < -0.3 is 14.3 Å². The van der Waals surface area contributed by atoms with Crippen molar-refractivity contribution in [2.75, 3.05) is 13.1 Å². The second-order valence-electron chi connectivity index (χ2n) is 5.88. The normalized spacial score (nSPS) is 16.2. The fourth-order valence-electron chi connectivity index (χ4n) is 2.99. The lowest BCUT2D eigenvalue weighted by atomic mass is 10.2. The molecule has 0 unspecified atom stereocenters. The molecule has 3 aromatic rings. The van der Waals surface area contributed by atoms with Crippen LogP contribution in [0.4, 0.5) is 0 Å². The Kier molecular flexibility index (Phi) is 4.10. The van der Waals surface area contributed by atoms with Crippen molar-refractivity contribution in [2.24, 2.45) is 0 Å². The number of para-hydroxylation sites is 2. The van der Waals surface area contributed by atoms with Crippen molar-refractivity contribution in [3.05, 3.63) is 42.1 Å². The molecule has 1 fully saturated rings. The van der Waals surface area contributed by atoms with Gasteiger partial charge in [-0.2, -0.15) is 0 Å². The average Bonchev–Trinajstić information content (AvgIpc) is 3.13. The van der Waals surface area contributed by atoms with E-state index >= 15 is 0 Å². The zero-order valence-electron chi connectivity index (χ0n) is 13.2. The molecule has 1 aromatic carbocycles. The highest BCUT2D eigenvalue weighted by Gasteiger charge is 2.19. The number of rotatable bonds is 4. The molecule has 120 valence electrons. The van der Waals surface area contributed by atoms with Crippen molar-refractivity contribution in [1.82, 2.24) is 19.9 Å². The summed E-state index contributed by atoms with van der Waals surface area (Å²) in [4.78, 5) is 9.06. The lowest BCUT2D eigenvalue weighted by molar-refractivity contribution is 0.458. The molecule has 6 heteroatoms. The van der Waals surface area contributed by atoms with Crippen molar-refractivity contribution in [3.8, 4) is 0 Å². The van der Waals surface area contributed by atoms with Gasteiger partial charge in [0, 0.05) is 12.2 Å². The van der Waals surface area contributed by atoms with Crippen LogP contribution in [0.25, 0.3) is 11.0 Å². The first-order valence-corrected chi connectivity index (χ1v) is 8.91. The number of nitrogens with one attached hydrogen (secondary N) is 1. The summed E-state index contributed by atoms with van der Waals surface area (Å²) < 4.78 is 7.92. The lowest BCUT2D eigenvalue weighted by Crippen LogP contribution is -2.29. The van der Waals surface area contributed by atoms with Crippen LogP contribution in [-0.4, -0.2) is 32.9 Å². The molecule has 0 spiro atoms. The molecule has 1 aliphatic rings. The molecule has 3 heterocycles. The van der Waals surface area contributed by atoms with E-state index in [1.807, 2.05) is 30.9 Å². The second-order valence-corrected chi connectivity index (χ2v) is 7.15. The molecule has 0 radical (unpaired) electrons. The molecule has 23 heavy (non-hydrogen) atoms. The van der Waals surface area contributed by atoms with Gasteiger partial charge in [0.2, 0.25) is 0 Å². The van der Waals surface area contributed by atoms with Crippen LogP contribution in [0.15, 0.2) is 40.0 Å². The summed E-state index contributed by atoms with van der Waals surface area (Å²) in [5.74, 6) is 1.58. The SMILES string of the molecule is Cc1ncc(Cn2c(SC3CCNCC3)nc3ccccc32)o1. The third-order valence-electron chi connectivity index (χ3n) is 4.16. The predicted molar refractivity (Wildman–Crippen MR) is 91.8 cm³/mol. The number of aromatic nitrogens is 3. The summed E-state index contributed by atoms with van der Waals surface area (Å²) in [7, 11) is 0. The molecule has 0 aliphatic carbocycles. The average molecular weight is 328 g/mol. The molecule has 0 atom stereocenters. The Morgan fingerprint density at radius 1 is 1.30 bits per heavy atom. The fourth-order valence-corrected chi connectivity index (χ4v) is 4.20. The van der Waals surface area contributed by atoms with Crippen LogP contribution in [0.5, 0.6) is 0 Å². The van der Waals surface area contributed by atoms with E-state index in [4.69, 9.17) is 9.40 Å². The van der Waals surface area contributed by atoms with Crippen LogP contribution < -0.4 is 5.32 Å². The first-order chi connectivity index (χ1) is 11.3. The summed E-state index contributed by atoms with van der Waals surface area (Å²) in [6.07, 6.45) is 4.19. The van der Waals surface area contributed by atoms with Crippen molar-refractivity contribution in [1.29, 1.82) is 0 Å². The Morgan fingerprint density at radius 3 is 2.91 bits per heavy atom.